The van der Waals surface area contributed by atoms with Gasteiger partial charge in [0.2, 0.25) is 11.7 Å². The third kappa shape index (κ3) is 4.92. The number of hydrogen-bond acceptors (Lipinski definition) is 6. The van der Waals surface area contributed by atoms with Crippen LogP contribution in [0.1, 0.15) is 46.7 Å². The fourth-order valence-electron chi connectivity index (χ4n) is 3.23. The molecule has 1 aromatic carbocycles. The second-order valence-corrected chi connectivity index (χ2v) is 7.06. The minimum atomic E-state index is -0.760. The summed E-state index contributed by atoms with van der Waals surface area (Å²) in [6.45, 7) is 0. The van der Waals surface area contributed by atoms with Crippen molar-refractivity contribution in [3.8, 4) is 0 Å². The number of rotatable bonds is 5. The normalized spacial score (nSPS) is 18.7. The number of nitrogens with zero attached hydrogens (tertiary/aromatic N) is 1. The molecule has 154 valence electrons. The van der Waals surface area contributed by atoms with E-state index in [-0.39, 0.29) is 34.3 Å². The Morgan fingerprint density at radius 1 is 1.24 bits per heavy atom. The molecule has 0 bridgehead atoms. The number of anilines is 1. The van der Waals surface area contributed by atoms with Gasteiger partial charge in [-0.15, -0.1) is 0 Å². The lowest BCUT2D eigenvalue weighted by molar-refractivity contribution is -0.120. The molecule has 1 aromatic heterocycles. The summed E-state index contributed by atoms with van der Waals surface area (Å²) in [6.07, 6.45) is 3.25. The molecule has 2 N–H and O–H groups in total. The number of oxazole rings is 1. The van der Waals surface area contributed by atoms with Gasteiger partial charge in [-0.3, -0.25) is 9.59 Å². The van der Waals surface area contributed by atoms with E-state index in [4.69, 9.17) is 16.0 Å². The quantitative estimate of drug-likeness (QED) is 0.714. The predicted molar refractivity (Wildman–Crippen MR) is 101 cm³/mol. The third-order valence-electron chi connectivity index (χ3n) is 4.77. The maximum atomic E-state index is 13.1. The highest BCUT2D eigenvalue weighted by Crippen LogP contribution is 2.28. The molecule has 0 atom stereocenters. The molecule has 1 heterocycles. The fourth-order valence-corrected chi connectivity index (χ4v) is 3.44. The van der Waals surface area contributed by atoms with E-state index in [0.29, 0.717) is 31.4 Å². The zero-order valence-electron chi connectivity index (χ0n) is 15.5. The molecule has 1 aliphatic rings. The van der Waals surface area contributed by atoms with Gasteiger partial charge in [-0.25, -0.2) is 14.2 Å². The SMILES string of the molecule is COC(=O)c1ncoc1C(=O)NC1CCC(C(=O)Nc2ccc(F)cc2Cl)CC1. The summed E-state index contributed by atoms with van der Waals surface area (Å²) in [5.41, 5.74) is 0.170. The average molecular weight is 424 g/mol. The van der Waals surface area contributed by atoms with Gasteiger partial charge in [0.15, 0.2) is 12.1 Å². The van der Waals surface area contributed by atoms with Crippen LogP contribution in [-0.2, 0) is 9.53 Å². The molecule has 1 fully saturated rings. The minimum Gasteiger partial charge on any atom is -0.464 e. The highest BCUT2D eigenvalue weighted by Gasteiger charge is 2.30. The average Bonchev–Trinajstić information content (AvgIpc) is 3.20. The fraction of sp³-hybridized carbons (Fsp3) is 0.368. The number of carbonyl (C=O) groups is 3. The Kier molecular flexibility index (Phi) is 6.48. The Morgan fingerprint density at radius 2 is 1.97 bits per heavy atom. The van der Waals surface area contributed by atoms with Crippen LogP contribution in [0.15, 0.2) is 29.0 Å². The smallest absolute Gasteiger partial charge is 0.360 e. The van der Waals surface area contributed by atoms with Gasteiger partial charge in [-0.2, -0.15) is 0 Å². The highest BCUT2D eigenvalue weighted by atomic mass is 35.5. The Labute approximate surface area is 170 Å². The molecule has 0 radical (unpaired) electrons. The molecule has 1 aliphatic carbocycles. The third-order valence-corrected chi connectivity index (χ3v) is 5.09. The number of nitrogens with one attached hydrogen (secondary N) is 2. The van der Waals surface area contributed by atoms with Crippen molar-refractivity contribution in [1.82, 2.24) is 10.3 Å². The van der Waals surface area contributed by atoms with Crippen molar-refractivity contribution in [2.75, 3.05) is 12.4 Å². The summed E-state index contributed by atoms with van der Waals surface area (Å²) < 4.78 is 22.7. The van der Waals surface area contributed by atoms with Crippen LogP contribution in [0.25, 0.3) is 0 Å². The van der Waals surface area contributed by atoms with Crippen molar-refractivity contribution in [2.45, 2.75) is 31.7 Å². The number of methoxy groups -OCH3 is 1. The summed E-state index contributed by atoms with van der Waals surface area (Å²) in [4.78, 5) is 40.1. The molecule has 0 spiro atoms. The van der Waals surface area contributed by atoms with Crippen LogP contribution in [0.5, 0.6) is 0 Å². The molecule has 0 saturated heterocycles. The lowest BCUT2D eigenvalue weighted by atomic mass is 9.85. The first-order valence-electron chi connectivity index (χ1n) is 8.97. The number of benzene rings is 1. The lowest BCUT2D eigenvalue weighted by Crippen LogP contribution is -2.40. The number of esters is 1. The van der Waals surface area contributed by atoms with Crippen LogP contribution in [0, 0.1) is 11.7 Å². The lowest BCUT2D eigenvalue weighted by Gasteiger charge is -2.28. The zero-order chi connectivity index (χ0) is 21.0. The van der Waals surface area contributed by atoms with Crippen LogP contribution >= 0.6 is 11.6 Å². The minimum absolute atomic E-state index is 0.132. The first-order chi connectivity index (χ1) is 13.9. The van der Waals surface area contributed by atoms with E-state index >= 15 is 0 Å². The van der Waals surface area contributed by atoms with Gasteiger partial charge in [0, 0.05) is 12.0 Å². The van der Waals surface area contributed by atoms with Gasteiger partial charge >= 0.3 is 5.97 Å². The molecule has 0 aliphatic heterocycles. The van der Waals surface area contributed by atoms with Gasteiger partial charge in [-0.1, -0.05) is 11.6 Å². The van der Waals surface area contributed by atoms with Gasteiger partial charge in [0.05, 0.1) is 17.8 Å². The van der Waals surface area contributed by atoms with E-state index in [9.17, 15) is 18.8 Å². The zero-order valence-corrected chi connectivity index (χ0v) is 16.3. The molecule has 2 amide bonds. The van der Waals surface area contributed by atoms with Crippen molar-refractivity contribution in [2.24, 2.45) is 5.92 Å². The van der Waals surface area contributed by atoms with Gasteiger partial charge in [0.1, 0.15) is 5.82 Å². The van der Waals surface area contributed by atoms with Crippen molar-refractivity contribution in [3.05, 3.63) is 46.9 Å². The molecule has 2 aromatic rings. The number of carbonyl (C=O) groups excluding carboxylic acids is 3. The highest BCUT2D eigenvalue weighted by molar-refractivity contribution is 6.33. The van der Waals surface area contributed by atoms with E-state index in [0.717, 1.165) is 12.5 Å². The molecular formula is C19H19ClFN3O5. The van der Waals surface area contributed by atoms with E-state index in [2.05, 4.69) is 20.4 Å². The first kappa shape index (κ1) is 20.8. The van der Waals surface area contributed by atoms with Gasteiger partial charge in [0.25, 0.3) is 5.91 Å². The number of amides is 2. The van der Waals surface area contributed by atoms with Crippen molar-refractivity contribution in [3.63, 3.8) is 0 Å². The van der Waals surface area contributed by atoms with Crippen LogP contribution in [0.2, 0.25) is 5.02 Å². The van der Waals surface area contributed by atoms with Crippen LogP contribution in [-0.4, -0.2) is 35.9 Å². The van der Waals surface area contributed by atoms with Crippen LogP contribution in [0.3, 0.4) is 0 Å². The number of ether oxygens (including phenoxy) is 1. The summed E-state index contributed by atoms with van der Waals surface area (Å²) in [6, 6.07) is 3.60. The first-order valence-corrected chi connectivity index (χ1v) is 9.35. The number of aromatic nitrogens is 1. The summed E-state index contributed by atoms with van der Waals surface area (Å²) in [7, 11) is 1.18. The van der Waals surface area contributed by atoms with Crippen molar-refractivity contribution in [1.29, 1.82) is 0 Å². The van der Waals surface area contributed by atoms with E-state index in [1.165, 1.54) is 19.2 Å². The molecule has 0 unspecified atom stereocenters. The molecule has 10 heteroatoms. The Hall–Kier alpha value is -2.94. The largest absolute Gasteiger partial charge is 0.464 e. The summed E-state index contributed by atoms with van der Waals surface area (Å²) >= 11 is 5.94. The standard InChI is InChI=1S/C19H19ClFN3O5/c1-28-19(27)15-16(29-9-22-15)18(26)23-12-5-2-10(3-6-12)17(25)24-14-7-4-11(21)8-13(14)20/h4,7-10,12H,2-3,5-6H2,1H3,(H,23,26)(H,24,25). The van der Waals surface area contributed by atoms with Crippen molar-refractivity contribution >= 4 is 35.1 Å². The molecule has 3 rings (SSSR count). The van der Waals surface area contributed by atoms with Gasteiger partial charge < -0.3 is 19.8 Å². The summed E-state index contributed by atoms with van der Waals surface area (Å²) in [5.74, 6) is -2.46. The topological polar surface area (TPSA) is 111 Å². The van der Waals surface area contributed by atoms with E-state index in [1.54, 1.807) is 0 Å². The van der Waals surface area contributed by atoms with Crippen LogP contribution < -0.4 is 10.6 Å². The number of hydrogen-bond donors (Lipinski definition) is 2. The second kappa shape index (κ2) is 9.04. The molecule has 29 heavy (non-hydrogen) atoms. The maximum Gasteiger partial charge on any atom is 0.360 e. The Balaban J connectivity index is 1.52. The molecule has 1 saturated carbocycles. The Bertz CT molecular complexity index is 924. The maximum absolute atomic E-state index is 13.1. The van der Waals surface area contributed by atoms with E-state index < -0.39 is 17.7 Å². The number of halogens is 2. The van der Waals surface area contributed by atoms with Gasteiger partial charge in [-0.05, 0) is 43.9 Å². The summed E-state index contributed by atoms with van der Waals surface area (Å²) in [5, 5.41) is 5.63. The Morgan fingerprint density at radius 3 is 2.62 bits per heavy atom. The van der Waals surface area contributed by atoms with E-state index in [1.807, 2.05) is 0 Å². The van der Waals surface area contributed by atoms with Crippen molar-refractivity contribution < 1.29 is 27.9 Å². The second-order valence-electron chi connectivity index (χ2n) is 6.66. The predicted octanol–water partition coefficient (Wildman–Crippen LogP) is 3.18. The monoisotopic (exact) mass is 423 g/mol. The molecule has 8 nitrogen and oxygen atoms in total. The van der Waals surface area contributed by atoms with Crippen LogP contribution in [0.4, 0.5) is 10.1 Å². The molecular weight excluding hydrogens is 405 g/mol.